The molecule has 0 aliphatic carbocycles. The van der Waals surface area contributed by atoms with Crippen molar-refractivity contribution in [1.82, 2.24) is 19.9 Å². The molecule has 0 bridgehead atoms. The molecule has 0 unspecified atom stereocenters. The highest BCUT2D eigenvalue weighted by molar-refractivity contribution is 6.10. The van der Waals surface area contributed by atoms with Crippen molar-refractivity contribution in [2.24, 2.45) is 0 Å². The number of nitrogens with zero attached hydrogens (tertiary/aromatic N) is 4. The monoisotopic (exact) mass is 544 g/mol. The molecule has 0 fully saturated rings. The lowest BCUT2D eigenvalue weighted by atomic mass is 9.94. The molecule has 0 N–H and O–H groups in total. The Morgan fingerprint density at radius 3 is 1.71 bits per heavy atom. The normalized spacial score (nSPS) is 11.8. The number of fused-ring (bicyclic) bond motifs is 4. The Balaban J connectivity index is 1.47. The van der Waals surface area contributed by atoms with Crippen molar-refractivity contribution < 1.29 is 0 Å². The number of aromatic nitrogens is 4. The first-order valence-electron chi connectivity index (χ1n) is 14.6. The first-order valence-corrected chi connectivity index (χ1v) is 14.6. The average Bonchev–Trinajstić information content (AvgIpc) is 3.03. The minimum absolute atomic E-state index is 0.326. The van der Waals surface area contributed by atoms with Gasteiger partial charge in [-0.3, -0.25) is 9.97 Å². The van der Waals surface area contributed by atoms with E-state index in [2.05, 4.69) is 94.4 Å². The van der Waals surface area contributed by atoms with Crippen molar-refractivity contribution in [3.63, 3.8) is 0 Å². The molecular formula is C38H32N4. The van der Waals surface area contributed by atoms with Gasteiger partial charge < -0.3 is 0 Å². The summed E-state index contributed by atoms with van der Waals surface area (Å²) in [5.74, 6) is 0.670. The molecule has 7 rings (SSSR count). The van der Waals surface area contributed by atoms with Crippen LogP contribution in [0.3, 0.4) is 0 Å². The molecule has 0 aliphatic rings. The molecule has 0 atom stereocenters. The van der Waals surface area contributed by atoms with Crippen molar-refractivity contribution >= 4 is 32.8 Å². The third kappa shape index (κ3) is 4.59. The van der Waals surface area contributed by atoms with E-state index in [4.69, 9.17) is 19.9 Å². The molecule has 0 saturated carbocycles. The summed E-state index contributed by atoms with van der Waals surface area (Å²) < 4.78 is 0. The lowest BCUT2D eigenvalue weighted by Crippen LogP contribution is -1.98. The molecule has 0 spiro atoms. The van der Waals surface area contributed by atoms with Gasteiger partial charge in [-0.1, -0.05) is 100 Å². The van der Waals surface area contributed by atoms with Gasteiger partial charge in [0.2, 0.25) is 0 Å². The molecule has 3 aromatic heterocycles. The van der Waals surface area contributed by atoms with Gasteiger partial charge in [0.15, 0.2) is 0 Å². The minimum Gasteiger partial charge on any atom is -0.250 e. The zero-order chi connectivity index (χ0) is 28.8. The smallest absolute Gasteiger partial charge is 0.0974 e. The SMILES string of the molecule is CC(C)c1ccc2cc(-c3cccc(-c4nc5ccccc5nc4-c4ccccc4)c3)c3ccc(C(C)C)nc3c2n1. The largest absolute Gasteiger partial charge is 0.250 e. The number of rotatable bonds is 5. The molecule has 0 radical (unpaired) electrons. The Hall–Kier alpha value is -4.96. The molecule has 3 heterocycles. The average molecular weight is 545 g/mol. The number of benzene rings is 4. The molecule has 4 heteroatoms. The van der Waals surface area contributed by atoms with Gasteiger partial charge in [-0.25, -0.2) is 9.97 Å². The van der Waals surface area contributed by atoms with Gasteiger partial charge in [0.05, 0.1) is 33.5 Å². The van der Waals surface area contributed by atoms with Gasteiger partial charge in [-0.15, -0.1) is 0 Å². The first-order chi connectivity index (χ1) is 20.5. The van der Waals surface area contributed by atoms with Crippen LogP contribution >= 0.6 is 0 Å². The predicted molar refractivity (Wildman–Crippen MR) is 175 cm³/mol. The third-order valence-electron chi connectivity index (χ3n) is 7.93. The fraction of sp³-hybridized carbons (Fsp3) is 0.158. The summed E-state index contributed by atoms with van der Waals surface area (Å²) in [6.07, 6.45) is 0. The van der Waals surface area contributed by atoms with E-state index in [9.17, 15) is 0 Å². The highest BCUT2D eigenvalue weighted by Gasteiger charge is 2.17. The highest BCUT2D eigenvalue weighted by atomic mass is 14.8. The van der Waals surface area contributed by atoms with Crippen molar-refractivity contribution in [3.05, 3.63) is 121 Å². The van der Waals surface area contributed by atoms with Crippen LogP contribution in [0.15, 0.2) is 109 Å². The lowest BCUT2D eigenvalue weighted by molar-refractivity contribution is 0.826. The van der Waals surface area contributed by atoms with Gasteiger partial charge >= 0.3 is 0 Å². The molecule has 4 aromatic carbocycles. The molecule has 0 saturated heterocycles. The van der Waals surface area contributed by atoms with E-state index < -0.39 is 0 Å². The molecule has 7 aromatic rings. The van der Waals surface area contributed by atoms with Crippen molar-refractivity contribution in [2.75, 3.05) is 0 Å². The van der Waals surface area contributed by atoms with E-state index in [0.29, 0.717) is 11.8 Å². The molecular weight excluding hydrogens is 512 g/mol. The summed E-state index contributed by atoms with van der Waals surface area (Å²) in [5.41, 5.74) is 11.9. The second-order valence-electron chi connectivity index (χ2n) is 11.5. The zero-order valence-corrected chi connectivity index (χ0v) is 24.3. The molecule has 4 nitrogen and oxygen atoms in total. The Bertz CT molecular complexity index is 2100. The van der Waals surface area contributed by atoms with Crippen LogP contribution in [0.2, 0.25) is 0 Å². The van der Waals surface area contributed by atoms with E-state index in [1.807, 2.05) is 42.5 Å². The van der Waals surface area contributed by atoms with Crippen LogP contribution in [0, 0.1) is 0 Å². The number of hydrogen-bond donors (Lipinski definition) is 0. The maximum atomic E-state index is 5.17. The number of pyridine rings is 2. The molecule has 204 valence electrons. The van der Waals surface area contributed by atoms with Crippen molar-refractivity contribution in [2.45, 2.75) is 39.5 Å². The van der Waals surface area contributed by atoms with Crippen LogP contribution in [0.25, 0.3) is 66.5 Å². The summed E-state index contributed by atoms with van der Waals surface area (Å²) in [6.45, 7) is 8.74. The summed E-state index contributed by atoms with van der Waals surface area (Å²) in [4.78, 5) is 20.5. The van der Waals surface area contributed by atoms with Crippen LogP contribution in [-0.2, 0) is 0 Å². The Labute approximate surface area is 246 Å². The van der Waals surface area contributed by atoms with Gasteiger partial charge in [0, 0.05) is 33.3 Å². The van der Waals surface area contributed by atoms with E-state index in [1.165, 1.54) is 0 Å². The molecule has 0 aliphatic heterocycles. The van der Waals surface area contributed by atoms with Crippen molar-refractivity contribution in [1.29, 1.82) is 0 Å². The fourth-order valence-corrected chi connectivity index (χ4v) is 5.61. The van der Waals surface area contributed by atoms with Crippen LogP contribution in [0.1, 0.15) is 50.9 Å². The van der Waals surface area contributed by atoms with Crippen LogP contribution in [0.5, 0.6) is 0 Å². The highest BCUT2D eigenvalue weighted by Crippen LogP contribution is 2.38. The van der Waals surface area contributed by atoms with Crippen molar-refractivity contribution in [3.8, 4) is 33.6 Å². The lowest BCUT2D eigenvalue weighted by Gasteiger charge is -2.15. The minimum atomic E-state index is 0.326. The number of hydrogen-bond acceptors (Lipinski definition) is 4. The van der Waals surface area contributed by atoms with Gasteiger partial charge in [0.1, 0.15) is 0 Å². The Kier molecular flexibility index (Phi) is 6.47. The van der Waals surface area contributed by atoms with Gasteiger partial charge in [0.25, 0.3) is 0 Å². The summed E-state index contributed by atoms with van der Waals surface area (Å²) >= 11 is 0. The number of para-hydroxylation sites is 2. The van der Waals surface area contributed by atoms with Crippen LogP contribution < -0.4 is 0 Å². The summed E-state index contributed by atoms with van der Waals surface area (Å²) in [5, 5.41) is 2.20. The zero-order valence-electron chi connectivity index (χ0n) is 24.3. The van der Waals surface area contributed by atoms with E-state index in [0.717, 1.165) is 77.9 Å². The van der Waals surface area contributed by atoms with Gasteiger partial charge in [-0.05, 0) is 59.4 Å². The summed E-state index contributed by atoms with van der Waals surface area (Å²) in [7, 11) is 0. The maximum Gasteiger partial charge on any atom is 0.0974 e. The maximum absolute atomic E-state index is 5.17. The van der Waals surface area contributed by atoms with E-state index in [-0.39, 0.29) is 0 Å². The quantitative estimate of drug-likeness (QED) is 0.202. The Morgan fingerprint density at radius 2 is 1.02 bits per heavy atom. The topological polar surface area (TPSA) is 51.6 Å². The van der Waals surface area contributed by atoms with Gasteiger partial charge in [-0.2, -0.15) is 0 Å². The molecule has 0 amide bonds. The fourth-order valence-electron chi connectivity index (χ4n) is 5.61. The van der Waals surface area contributed by atoms with Crippen LogP contribution in [-0.4, -0.2) is 19.9 Å². The first kappa shape index (κ1) is 26.0. The molecule has 42 heavy (non-hydrogen) atoms. The second-order valence-corrected chi connectivity index (χ2v) is 11.5. The predicted octanol–water partition coefficient (Wildman–Crippen LogP) is 9.97. The third-order valence-corrected chi connectivity index (χ3v) is 7.93. The summed E-state index contributed by atoms with van der Waals surface area (Å²) in [6, 6.07) is 38.0. The second kappa shape index (κ2) is 10.5. The van der Waals surface area contributed by atoms with E-state index in [1.54, 1.807) is 0 Å². The van der Waals surface area contributed by atoms with Crippen LogP contribution in [0.4, 0.5) is 0 Å². The standard InChI is InChI=1S/C38H32N4/c1-23(2)31-19-17-28-22-30(29-18-20-32(24(3)4)40-38(29)37(28)39-31)26-13-10-14-27(21-26)36-35(25-11-6-5-7-12-25)41-33-15-8-9-16-34(33)42-36/h5-24H,1-4H3. The van der Waals surface area contributed by atoms with E-state index >= 15 is 0 Å². The Morgan fingerprint density at radius 1 is 0.452 bits per heavy atom.